The molecule has 0 atom stereocenters. The number of anilines is 1. The van der Waals surface area contributed by atoms with E-state index in [-0.39, 0.29) is 17.0 Å². The van der Waals surface area contributed by atoms with Crippen molar-refractivity contribution in [1.29, 1.82) is 0 Å². The van der Waals surface area contributed by atoms with E-state index in [0.29, 0.717) is 5.56 Å². The summed E-state index contributed by atoms with van der Waals surface area (Å²) < 4.78 is 48.0. The number of halogens is 3. The van der Waals surface area contributed by atoms with Crippen molar-refractivity contribution in [2.24, 2.45) is 0 Å². The van der Waals surface area contributed by atoms with Gasteiger partial charge in [0.05, 0.1) is 25.5 Å². The molecule has 9 heteroatoms. The Labute approximate surface area is 146 Å². The van der Waals surface area contributed by atoms with Gasteiger partial charge < -0.3 is 14.8 Å². The number of carbonyl (C=O) groups is 2. The highest BCUT2D eigenvalue weighted by Crippen LogP contribution is 2.30. The zero-order valence-corrected chi connectivity index (χ0v) is 14.1. The number of methoxy groups -OCH3 is 2. The van der Waals surface area contributed by atoms with E-state index in [9.17, 15) is 22.8 Å². The van der Waals surface area contributed by atoms with Gasteiger partial charge in [0.15, 0.2) is 0 Å². The number of benzene rings is 1. The topological polar surface area (TPSA) is 77.5 Å². The molecule has 26 heavy (non-hydrogen) atoms. The average molecular weight is 368 g/mol. The van der Waals surface area contributed by atoms with Crippen LogP contribution in [0.2, 0.25) is 0 Å². The lowest BCUT2D eigenvalue weighted by atomic mass is 10.1. The van der Waals surface area contributed by atoms with E-state index in [0.717, 1.165) is 18.2 Å². The van der Waals surface area contributed by atoms with Gasteiger partial charge in [-0.25, -0.2) is 9.78 Å². The molecule has 0 saturated heterocycles. The van der Waals surface area contributed by atoms with E-state index < -0.39 is 29.4 Å². The molecule has 1 N–H and O–H groups in total. The first kappa shape index (κ1) is 19.2. The highest BCUT2D eigenvalue weighted by molar-refractivity contribution is 6.04. The quantitative estimate of drug-likeness (QED) is 0.837. The molecule has 6 nitrogen and oxygen atoms in total. The molecule has 0 aliphatic rings. The van der Waals surface area contributed by atoms with Gasteiger partial charge in [0, 0.05) is 0 Å². The lowest BCUT2D eigenvalue weighted by Crippen LogP contribution is -2.18. The first-order chi connectivity index (χ1) is 12.2. The van der Waals surface area contributed by atoms with Gasteiger partial charge in [0.1, 0.15) is 17.1 Å². The van der Waals surface area contributed by atoms with Crippen LogP contribution >= 0.6 is 0 Å². The highest BCUT2D eigenvalue weighted by atomic mass is 19.4. The van der Waals surface area contributed by atoms with Crippen molar-refractivity contribution in [3.63, 3.8) is 0 Å². The number of amides is 1. The van der Waals surface area contributed by atoms with E-state index in [2.05, 4.69) is 15.0 Å². The fourth-order valence-corrected chi connectivity index (χ4v) is 2.19. The Kier molecular flexibility index (Phi) is 5.49. The number of aromatic nitrogens is 1. The normalized spacial score (nSPS) is 11.0. The van der Waals surface area contributed by atoms with Crippen molar-refractivity contribution in [3.8, 4) is 5.75 Å². The van der Waals surface area contributed by atoms with Gasteiger partial charge in [-0.2, -0.15) is 13.2 Å². The summed E-state index contributed by atoms with van der Waals surface area (Å²) in [6, 6.07) is 5.85. The molecule has 0 unspecified atom stereocenters. The first-order valence-corrected chi connectivity index (χ1v) is 7.30. The van der Waals surface area contributed by atoms with Gasteiger partial charge in [-0.3, -0.25) is 4.79 Å². The third kappa shape index (κ3) is 4.11. The largest absolute Gasteiger partial charge is 0.495 e. The summed E-state index contributed by atoms with van der Waals surface area (Å²) in [4.78, 5) is 27.3. The molecule has 0 aliphatic carbocycles. The number of aryl methyl sites for hydroxylation is 1. The van der Waals surface area contributed by atoms with Crippen LogP contribution < -0.4 is 10.1 Å². The summed E-state index contributed by atoms with van der Waals surface area (Å²) in [7, 11) is 2.55. The molecular weight excluding hydrogens is 353 g/mol. The van der Waals surface area contributed by atoms with Gasteiger partial charge >= 0.3 is 12.1 Å². The van der Waals surface area contributed by atoms with Crippen molar-refractivity contribution in [2.75, 3.05) is 19.5 Å². The van der Waals surface area contributed by atoms with E-state index >= 15 is 0 Å². The average Bonchev–Trinajstić information content (AvgIpc) is 2.60. The molecule has 0 saturated carbocycles. The summed E-state index contributed by atoms with van der Waals surface area (Å²) in [5.74, 6) is -1.28. The number of hydrogen-bond donors (Lipinski definition) is 1. The minimum atomic E-state index is -4.66. The number of hydrogen-bond acceptors (Lipinski definition) is 5. The molecule has 138 valence electrons. The zero-order chi connectivity index (χ0) is 19.5. The lowest BCUT2D eigenvalue weighted by molar-refractivity contribution is -0.141. The smallest absolute Gasteiger partial charge is 0.433 e. The Morgan fingerprint density at radius 3 is 2.42 bits per heavy atom. The van der Waals surface area contributed by atoms with Gasteiger partial charge in [-0.15, -0.1) is 0 Å². The lowest BCUT2D eigenvalue weighted by Gasteiger charge is -2.14. The van der Waals surface area contributed by atoms with E-state index in [1.54, 1.807) is 6.92 Å². The van der Waals surface area contributed by atoms with Gasteiger partial charge in [-0.1, -0.05) is 6.07 Å². The molecule has 0 radical (unpaired) electrons. The number of nitrogens with zero attached hydrogens (tertiary/aromatic N) is 1. The van der Waals surface area contributed by atoms with Crippen LogP contribution in [0.5, 0.6) is 5.75 Å². The number of carbonyl (C=O) groups excluding carboxylic acids is 2. The number of rotatable bonds is 4. The monoisotopic (exact) mass is 368 g/mol. The van der Waals surface area contributed by atoms with Crippen LogP contribution in [0.3, 0.4) is 0 Å². The number of nitrogens with one attached hydrogen (secondary N) is 1. The van der Waals surface area contributed by atoms with Crippen molar-refractivity contribution in [2.45, 2.75) is 13.1 Å². The van der Waals surface area contributed by atoms with Gasteiger partial charge in [0.25, 0.3) is 5.91 Å². The predicted molar refractivity (Wildman–Crippen MR) is 86.3 cm³/mol. The molecule has 1 heterocycles. The van der Waals surface area contributed by atoms with Crippen LogP contribution in [0.15, 0.2) is 30.3 Å². The summed E-state index contributed by atoms with van der Waals surface area (Å²) >= 11 is 0. The fourth-order valence-electron chi connectivity index (χ4n) is 2.19. The number of ether oxygens (including phenoxy) is 2. The van der Waals surface area contributed by atoms with E-state index in [1.165, 1.54) is 26.4 Å². The number of esters is 1. The van der Waals surface area contributed by atoms with Crippen LogP contribution in [-0.2, 0) is 10.9 Å². The molecule has 0 fully saturated rings. The molecule has 1 aromatic carbocycles. The summed E-state index contributed by atoms with van der Waals surface area (Å²) in [6.07, 6.45) is -4.66. The van der Waals surface area contributed by atoms with Gasteiger partial charge in [-0.05, 0) is 36.8 Å². The van der Waals surface area contributed by atoms with E-state index in [1.807, 2.05) is 0 Å². The Balaban J connectivity index is 2.35. The van der Waals surface area contributed by atoms with Crippen LogP contribution in [0.25, 0.3) is 0 Å². The first-order valence-electron chi connectivity index (χ1n) is 7.30. The van der Waals surface area contributed by atoms with Gasteiger partial charge in [0.2, 0.25) is 0 Å². The minimum Gasteiger partial charge on any atom is -0.495 e. The molecule has 1 aromatic heterocycles. The van der Waals surface area contributed by atoms with Crippen molar-refractivity contribution in [1.82, 2.24) is 4.98 Å². The standard InChI is InChI=1S/C17H15F3N2O4/c1-9-7-12(13(25-2)8-10(9)16(24)26-3)22-15(23)11-5-4-6-14(21-11)17(18,19)20/h4-8H,1-3H3,(H,22,23). The Hall–Kier alpha value is -3.10. The Bertz CT molecular complexity index is 850. The Morgan fingerprint density at radius 1 is 1.15 bits per heavy atom. The maximum absolute atomic E-state index is 12.7. The number of alkyl halides is 3. The molecule has 2 aromatic rings. The van der Waals surface area contributed by atoms with E-state index in [4.69, 9.17) is 4.74 Å². The molecule has 2 rings (SSSR count). The summed E-state index contributed by atoms with van der Waals surface area (Å²) in [5.41, 5.74) is -0.669. The minimum absolute atomic E-state index is 0.149. The van der Waals surface area contributed by atoms with Crippen LogP contribution in [0, 0.1) is 6.92 Å². The van der Waals surface area contributed by atoms with Crippen LogP contribution in [0.4, 0.5) is 18.9 Å². The molecular formula is C17H15F3N2O4. The van der Waals surface area contributed by atoms with Crippen molar-refractivity contribution < 1.29 is 32.2 Å². The SMILES string of the molecule is COC(=O)c1cc(OC)c(NC(=O)c2cccc(C(F)(F)F)n2)cc1C. The summed E-state index contributed by atoms with van der Waals surface area (Å²) in [5, 5.41) is 2.44. The Morgan fingerprint density at radius 2 is 1.85 bits per heavy atom. The molecule has 0 spiro atoms. The highest BCUT2D eigenvalue weighted by Gasteiger charge is 2.33. The molecule has 0 bridgehead atoms. The zero-order valence-electron chi connectivity index (χ0n) is 14.1. The molecule has 1 amide bonds. The second kappa shape index (κ2) is 7.42. The number of pyridine rings is 1. The second-order valence-corrected chi connectivity index (χ2v) is 5.22. The van der Waals surface area contributed by atoms with Crippen LogP contribution in [0.1, 0.15) is 32.1 Å². The maximum Gasteiger partial charge on any atom is 0.433 e. The van der Waals surface area contributed by atoms with Crippen LogP contribution in [-0.4, -0.2) is 31.1 Å². The third-order valence-electron chi connectivity index (χ3n) is 3.47. The third-order valence-corrected chi connectivity index (χ3v) is 3.47. The predicted octanol–water partition coefficient (Wildman–Crippen LogP) is 3.46. The van der Waals surface area contributed by atoms with Crippen molar-refractivity contribution >= 4 is 17.6 Å². The maximum atomic E-state index is 12.7. The fraction of sp³-hybridized carbons (Fsp3) is 0.235. The van der Waals surface area contributed by atoms with Crippen molar-refractivity contribution in [3.05, 3.63) is 52.8 Å². The second-order valence-electron chi connectivity index (χ2n) is 5.22. The summed E-state index contributed by atoms with van der Waals surface area (Å²) in [6.45, 7) is 1.61. The molecule has 0 aliphatic heterocycles.